The van der Waals surface area contributed by atoms with E-state index in [2.05, 4.69) is 4.37 Å². The van der Waals surface area contributed by atoms with Gasteiger partial charge in [0.05, 0.1) is 6.61 Å². The molecule has 0 radical (unpaired) electrons. The number of methoxy groups -OCH3 is 1. The van der Waals surface area contributed by atoms with Gasteiger partial charge in [-0.3, -0.25) is 0 Å². The van der Waals surface area contributed by atoms with Gasteiger partial charge in [-0.25, -0.2) is 8.42 Å². The highest BCUT2D eigenvalue weighted by atomic mass is 32.2. The Morgan fingerprint density at radius 1 is 1.50 bits per heavy atom. The van der Waals surface area contributed by atoms with Crippen molar-refractivity contribution in [2.45, 2.75) is 24.8 Å². The molecule has 104 valence electrons. The number of rotatable bonds is 6. The first kappa shape index (κ1) is 15.2. The molecule has 0 amide bonds. The second kappa shape index (κ2) is 5.85. The van der Waals surface area contributed by atoms with Crippen LogP contribution in [0.3, 0.4) is 0 Å². The molecule has 1 heterocycles. The van der Waals surface area contributed by atoms with E-state index in [1.54, 1.807) is 7.11 Å². The molecule has 1 aromatic heterocycles. The van der Waals surface area contributed by atoms with Crippen molar-refractivity contribution in [3.63, 3.8) is 0 Å². The van der Waals surface area contributed by atoms with Gasteiger partial charge in [-0.15, -0.1) is 0 Å². The Morgan fingerprint density at radius 2 is 2.11 bits per heavy atom. The molecule has 0 aromatic carbocycles. The quantitative estimate of drug-likeness (QED) is 0.842. The van der Waals surface area contributed by atoms with Crippen molar-refractivity contribution in [3.8, 4) is 0 Å². The first-order valence-corrected chi connectivity index (χ1v) is 8.16. The fourth-order valence-corrected chi connectivity index (χ4v) is 3.95. The summed E-state index contributed by atoms with van der Waals surface area (Å²) in [6.45, 7) is 5.08. The van der Waals surface area contributed by atoms with Crippen LogP contribution in [0.5, 0.6) is 0 Å². The largest absolute Gasteiger partial charge is 0.383 e. The molecule has 6 nitrogen and oxygen atoms in total. The minimum atomic E-state index is -3.38. The smallest absolute Gasteiger partial charge is 0.182 e. The highest BCUT2D eigenvalue weighted by Gasteiger charge is 2.26. The lowest BCUT2D eigenvalue weighted by atomic mass is 10.3. The van der Waals surface area contributed by atoms with Crippen molar-refractivity contribution in [1.82, 2.24) is 4.37 Å². The van der Waals surface area contributed by atoms with Crippen LogP contribution in [0.25, 0.3) is 0 Å². The maximum Gasteiger partial charge on any atom is 0.182 e. The first-order valence-electron chi connectivity index (χ1n) is 5.49. The van der Waals surface area contributed by atoms with E-state index in [0.29, 0.717) is 18.2 Å². The van der Waals surface area contributed by atoms with Gasteiger partial charge in [0.2, 0.25) is 0 Å². The average Bonchev–Trinajstić information content (AvgIpc) is 2.60. The maximum atomic E-state index is 11.8. The zero-order valence-electron chi connectivity index (χ0n) is 11.0. The summed E-state index contributed by atoms with van der Waals surface area (Å²) in [6.07, 6.45) is 1.14. The molecule has 1 aromatic rings. The van der Waals surface area contributed by atoms with Crippen LogP contribution in [0.1, 0.15) is 13.8 Å². The van der Waals surface area contributed by atoms with Crippen LogP contribution >= 0.6 is 11.5 Å². The Morgan fingerprint density at radius 3 is 2.56 bits per heavy atom. The summed E-state index contributed by atoms with van der Waals surface area (Å²) in [5, 5.41) is 0.585. The van der Waals surface area contributed by atoms with Gasteiger partial charge < -0.3 is 15.4 Å². The maximum absolute atomic E-state index is 11.8. The lowest BCUT2D eigenvalue weighted by Crippen LogP contribution is -2.34. The Bertz CT molecular complexity index is 496. The number of nitrogens with two attached hydrogens (primary N) is 1. The minimum Gasteiger partial charge on any atom is -0.383 e. The third-order valence-electron chi connectivity index (χ3n) is 2.45. The molecule has 0 atom stereocenters. The second-order valence-electron chi connectivity index (χ2n) is 4.25. The minimum absolute atomic E-state index is 0.0700. The number of anilines is 2. The van der Waals surface area contributed by atoms with Crippen LogP contribution in [-0.2, 0) is 14.6 Å². The lowest BCUT2D eigenvalue weighted by Gasteiger charge is -2.27. The molecule has 0 fully saturated rings. The summed E-state index contributed by atoms with van der Waals surface area (Å²) in [5.41, 5.74) is 5.66. The molecule has 0 aliphatic rings. The first-order chi connectivity index (χ1) is 8.29. The molecule has 0 unspecified atom stereocenters. The molecule has 2 N–H and O–H groups in total. The van der Waals surface area contributed by atoms with Crippen LogP contribution in [0.2, 0.25) is 0 Å². The fraction of sp³-hybridized carbons (Fsp3) is 0.700. The van der Waals surface area contributed by atoms with Gasteiger partial charge in [0.15, 0.2) is 15.7 Å². The van der Waals surface area contributed by atoms with E-state index in [4.69, 9.17) is 10.5 Å². The van der Waals surface area contributed by atoms with Crippen molar-refractivity contribution in [3.05, 3.63) is 0 Å². The zero-order chi connectivity index (χ0) is 13.9. The molecule has 0 bridgehead atoms. The van der Waals surface area contributed by atoms with Gasteiger partial charge >= 0.3 is 0 Å². The number of aromatic nitrogens is 1. The summed E-state index contributed by atoms with van der Waals surface area (Å²) in [5.74, 6) is 0.0700. The number of hydrogen-bond acceptors (Lipinski definition) is 7. The Kier molecular flexibility index (Phi) is 4.94. The highest BCUT2D eigenvalue weighted by Crippen LogP contribution is 2.35. The van der Waals surface area contributed by atoms with Gasteiger partial charge in [0, 0.05) is 26.0 Å². The van der Waals surface area contributed by atoms with Gasteiger partial charge in [0.1, 0.15) is 9.90 Å². The molecular weight excluding hydrogens is 274 g/mol. The molecule has 8 heteroatoms. The molecule has 0 spiro atoms. The van der Waals surface area contributed by atoms with Crippen LogP contribution in [0, 0.1) is 0 Å². The lowest BCUT2D eigenvalue weighted by molar-refractivity contribution is 0.204. The topological polar surface area (TPSA) is 85.5 Å². The van der Waals surface area contributed by atoms with Crippen molar-refractivity contribution >= 4 is 32.2 Å². The van der Waals surface area contributed by atoms with Gasteiger partial charge in [0.25, 0.3) is 0 Å². The Balaban J connectivity index is 3.21. The predicted molar refractivity (Wildman–Crippen MR) is 74.0 cm³/mol. The number of ether oxygens (including phenoxy) is 1. The van der Waals surface area contributed by atoms with Crippen LogP contribution in [0.15, 0.2) is 4.90 Å². The zero-order valence-corrected chi connectivity index (χ0v) is 12.6. The SMILES string of the molecule is COCCN(c1snc(N)c1S(C)(=O)=O)C(C)C. The monoisotopic (exact) mass is 293 g/mol. The van der Waals surface area contributed by atoms with Crippen molar-refractivity contribution in [1.29, 1.82) is 0 Å². The third kappa shape index (κ3) is 3.33. The summed E-state index contributed by atoms with van der Waals surface area (Å²) in [6, 6.07) is 0.139. The fourth-order valence-electron chi connectivity index (χ4n) is 1.60. The third-order valence-corrected chi connectivity index (χ3v) is 4.62. The molecule has 0 saturated heterocycles. The number of sulfone groups is 1. The summed E-state index contributed by atoms with van der Waals surface area (Å²) >= 11 is 1.11. The molecule has 0 saturated carbocycles. The number of nitrogen functional groups attached to an aromatic ring is 1. The highest BCUT2D eigenvalue weighted by molar-refractivity contribution is 7.91. The van der Waals surface area contributed by atoms with Gasteiger partial charge in [-0.1, -0.05) is 0 Å². The summed E-state index contributed by atoms with van der Waals surface area (Å²) in [7, 11) is -1.78. The predicted octanol–water partition coefficient (Wildman–Crippen LogP) is 0.990. The average molecular weight is 293 g/mol. The van der Waals surface area contributed by atoms with Gasteiger partial charge in [-0.05, 0) is 25.4 Å². The standard InChI is InChI=1S/C10H19N3O3S2/c1-7(2)13(5-6-16-3)10-8(18(4,14)15)9(11)12-17-10/h7H,5-6H2,1-4H3,(H2,11,12). The Labute approximate surface area is 112 Å². The number of nitrogens with zero attached hydrogens (tertiary/aromatic N) is 2. The van der Waals surface area contributed by atoms with E-state index in [-0.39, 0.29) is 16.8 Å². The Hall–Kier alpha value is -0.860. The molecule has 0 aliphatic carbocycles. The van der Waals surface area contributed by atoms with E-state index in [9.17, 15) is 8.42 Å². The van der Waals surface area contributed by atoms with Gasteiger partial charge in [-0.2, -0.15) is 4.37 Å². The number of hydrogen-bond donors (Lipinski definition) is 1. The van der Waals surface area contributed by atoms with Crippen LogP contribution in [-0.4, -0.2) is 45.4 Å². The van der Waals surface area contributed by atoms with E-state index in [0.717, 1.165) is 17.8 Å². The molecular formula is C10H19N3O3S2. The molecule has 18 heavy (non-hydrogen) atoms. The van der Waals surface area contributed by atoms with Crippen molar-refractivity contribution in [2.24, 2.45) is 0 Å². The second-order valence-corrected chi connectivity index (χ2v) is 6.96. The normalized spacial score (nSPS) is 12.1. The van der Waals surface area contributed by atoms with Crippen molar-refractivity contribution < 1.29 is 13.2 Å². The van der Waals surface area contributed by atoms with E-state index < -0.39 is 9.84 Å². The molecule has 0 aliphatic heterocycles. The van der Waals surface area contributed by atoms with E-state index in [1.807, 2.05) is 18.7 Å². The van der Waals surface area contributed by atoms with E-state index in [1.165, 1.54) is 0 Å². The summed E-state index contributed by atoms with van der Waals surface area (Å²) < 4.78 is 32.5. The molecule has 1 rings (SSSR count). The van der Waals surface area contributed by atoms with Crippen molar-refractivity contribution in [2.75, 3.05) is 37.2 Å². The van der Waals surface area contributed by atoms with Crippen LogP contribution < -0.4 is 10.6 Å². The van der Waals surface area contributed by atoms with Crippen LogP contribution in [0.4, 0.5) is 10.8 Å². The summed E-state index contributed by atoms with van der Waals surface area (Å²) in [4.78, 5) is 2.06. The van der Waals surface area contributed by atoms with E-state index >= 15 is 0 Å².